The summed E-state index contributed by atoms with van der Waals surface area (Å²) in [6, 6.07) is 17.7. The minimum Gasteiger partial charge on any atom is -0.493 e. The van der Waals surface area contributed by atoms with E-state index in [9.17, 15) is 0 Å². The summed E-state index contributed by atoms with van der Waals surface area (Å²) in [5.74, 6) is 1.57. The average Bonchev–Trinajstić information content (AvgIpc) is 2.79. The second-order valence-corrected chi connectivity index (χ2v) is 8.98. The van der Waals surface area contributed by atoms with Crippen LogP contribution in [0.25, 0.3) is 11.1 Å². The van der Waals surface area contributed by atoms with Gasteiger partial charge in [0.2, 0.25) is 0 Å². The molecule has 0 heterocycles. The van der Waals surface area contributed by atoms with Crippen molar-refractivity contribution in [3.63, 3.8) is 0 Å². The molecule has 0 aliphatic heterocycles. The molecule has 0 aliphatic carbocycles. The zero-order valence-electron chi connectivity index (χ0n) is 19.8. The Morgan fingerprint density at radius 1 is 0.633 bits per heavy atom. The van der Waals surface area contributed by atoms with Gasteiger partial charge in [-0.2, -0.15) is 0 Å². The lowest BCUT2D eigenvalue weighted by Gasteiger charge is -2.11. The molecule has 0 saturated heterocycles. The summed E-state index contributed by atoms with van der Waals surface area (Å²) >= 11 is 0. The summed E-state index contributed by atoms with van der Waals surface area (Å²) in [4.78, 5) is 0. The Morgan fingerprint density at radius 3 is 1.67 bits per heavy atom. The van der Waals surface area contributed by atoms with Crippen LogP contribution < -0.4 is 4.74 Å². The van der Waals surface area contributed by atoms with Gasteiger partial charge in [-0.3, -0.25) is 0 Å². The summed E-state index contributed by atoms with van der Waals surface area (Å²) in [7, 11) is 0. The molecule has 1 unspecified atom stereocenters. The highest BCUT2D eigenvalue weighted by molar-refractivity contribution is 5.64. The Morgan fingerprint density at radius 2 is 1.13 bits per heavy atom. The molecule has 0 saturated carbocycles. The lowest BCUT2D eigenvalue weighted by atomic mass is 10.0. The van der Waals surface area contributed by atoms with Gasteiger partial charge in [0, 0.05) is 0 Å². The van der Waals surface area contributed by atoms with E-state index in [2.05, 4.69) is 69.3 Å². The molecular formula is C29H44O. The highest BCUT2D eigenvalue weighted by Gasteiger charge is 2.03. The van der Waals surface area contributed by atoms with E-state index in [0.717, 1.165) is 18.8 Å². The van der Waals surface area contributed by atoms with Crippen LogP contribution in [-0.4, -0.2) is 6.61 Å². The molecular weight excluding hydrogens is 364 g/mol. The number of hydrogen-bond acceptors (Lipinski definition) is 1. The third-order valence-electron chi connectivity index (χ3n) is 6.19. The van der Waals surface area contributed by atoms with Crippen molar-refractivity contribution >= 4 is 0 Å². The van der Waals surface area contributed by atoms with Crippen molar-refractivity contribution in [2.75, 3.05) is 6.61 Å². The molecule has 2 aromatic carbocycles. The first kappa shape index (κ1) is 24.5. The molecule has 1 atom stereocenters. The number of unbranched alkanes of at least 4 members (excludes halogenated alkanes) is 9. The van der Waals surface area contributed by atoms with E-state index >= 15 is 0 Å². The van der Waals surface area contributed by atoms with Gasteiger partial charge in [-0.15, -0.1) is 0 Å². The van der Waals surface area contributed by atoms with Gasteiger partial charge in [0.1, 0.15) is 5.75 Å². The Hall–Kier alpha value is -1.76. The van der Waals surface area contributed by atoms with Crippen LogP contribution in [0.4, 0.5) is 0 Å². The molecule has 0 bridgehead atoms. The third-order valence-corrected chi connectivity index (χ3v) is 6.19. The predicted molar refractivity (Wildman–Crippen MR) is 132 cm³/mol. The van der Waals surface area contributed by atoms with E-state index in [1.165, 1.54) is 87.3 Å². The first-order chi connectivity index (χ1) is 14.7. The quantitative estimate of drug-likeness (QED) is 0.251. The highest BCUT2D eigenvalue weighted by atomic mass is 16.5. The van der Waals surface area contributed by atoms with E-state index in [-0.39, 0.29) is 0 Å². The fourth-order valence-corrected chi connectivity index (χ4v) is 3.78. The maximum absolute atomic E-state index is 5.87. The largest absolute Gasteiger partial charge is 0.493 e. The Balaban J connectivity index is 1.64. The smallest absolute Gasteiger partial charge is 0.119 e. The lowest BCUT2D eigenvalue weighted by molar-refractivity contribution is 0.256. The SMILES string of the molecule is CCCCCCCCCCCCc1ccc(-c2ccc(OCC(C)CC)cc2)cc1. The first-order valence-electron chi connectivity index (χ1n) is 12.5. The molecule has 0 spiro atoms. The maximum Gasteiger partial charge on any atom is 0.119 e. The van der Waals surface area contributed by atoms with Crippen molar-refractivity contribution < 1.29 is 4.74 Å². The van der Waals surface area contributed by atoms with Gasteiger partial charge in [0.15, 0.2) is 0 Å². The number of rotatable bonds is 16. The molecule has 2 aromatic rings. The lowest BCUT2D eigenvalue weighted by Crippen LogP contribution is -2.06. The van der Waals surface area contributed by atoms with Crippen LogP contribution in [0.1, 0.15) is 97.0 Å². The van der Waals surface area contributed by atoms with Crippen molar-refractivity contribution in [1.82, 2.24) is 0 Å². The monoisotopic (exact) mass is 408 g/mol. The molecule has 0 fully saturated rings. The third kappa shape index (κ3) is 9.83. The Kier molecular flexibility index (Phi) is 12.3. The van der Waals surface area contributed by atoms with Crippen LogP contribution >= 0.6 is 0 Å². The van der Waals surface area contributed by atoms with Gasteiger partial charge in [0.05, 0.1) is 6.61 Å². The van der Waals surface area contributed by atoms with Crippen LogP contribution in [0.15, 0.2) is 48.5 Å². The fraction of sp³-hybridized carbons (Fsp3) is 0.586. The van der Waals surface area contributed by atoms with Crippen molar-refractivity contribution in [2.24, 2.45) is 5.92 Å². The molecule has 166 valence electrons. The summed E-state index contributed by atoms with van der Waals surface area (Å²) in [5, 5.41) is 0. The average molecular weight is 409 g/mol. The van der Waals surface area contributed by atoms with E-state index in [1.54, 1.807) is 0 Å². The molecule has 0 aliphatic rings. The highest BCUT2D eigenvalue weighted by Crippen LogP contribution is 2.24. The van der Waals surface area contributed by atoms with Crippen molar-refractivity contribution in [3.05, 3.63) is 54.1 Å². The Bertz CT molecular complexity index is 656. The van der Waals surface area contributed by atoms with Gasteiger partial charge in [-0.05, 0) is 47.6 Å². The standard InChI is InChI=1S/C29H44O/c1-4-6-7-8-9-10-11-12-13-14-15-26-16-18-27(19-17-26)28-20-22-29(23-21-28)30-24-25(3)5-2/h16-23,25H,4-15,24H2,1-3H3. The summed E-state index contributed by atoms with van der Waals surface area (Å²) in [6.45, 7) is 7.52. The van der Waals surface area contributed by atoms with Crippen LogP contribution in [0, 0.1) is 5.92 Å². The second-order valence-electron chi connectivity index (χ2n) is 8.98. The fourth-order valence-electron chi connectivity index (χ4n) is 3.78. The molecule has 0 aromatic heterocycles. The van der Waals surface area contributed by atoms with Crippen LogP contribution in [0.3, 0.4) is 0 Å². The van der Waals surface area contributed by atoms with Crippen molar-refractivity contribution in [2.45, 2.75) is 97.8 Å². The van der Waals surface area contributed by atoms with Gasteiger partial charge in [-0.25, -0.2) is 0 Å². The second kappa shape index (κ2) is 15.1. The zero-order valence-corrected chi connectivity index (χ0v) is 19.8. The molecule has 0 radical (unpaired) electrons. The van der Waals surface area contributed by atoms with Crippen LogP contribution in [-0.2, 0) is 6.42 Å². The molecule has 0 N–H and O–H groups in total. The van der Waals surface area contributed by atoms with E-state index < -0.39 is 0 Å². The van der Waals surface area contributed by atoms with Crippen molar-refractivity contribution in [1.29, 1.82) is 0 Å². The molecule has 0 amide bonds. The van der Waals surface area contributed by atoms with Crippen molar-refractivity contribution in [3.8, 4) is 16.9 Å². The molecule has 30 heavy (non-hydrogen) atoms. The van der Waals surface area contributed by atoms with Crippen LogP contribution in [0.5, 0.6) is 5.75 Å². The molecule has 1 heteroatoms. The van der Waals surface area contributed by atoms with Gasteiger partial charge in [0.25, 0.3) is 0 Å². The summed E-state index contributed by atoms with van der Waals surface area (Å²) < 4.78 is 5.87. The number of ether oxygens (including phenoxy) is 1. The maximum atomic E-state index is 5.87. The zero-order chi connectivity index (χ0) is 21.4. The minimum atomic E-state index is 0.604. The molecule has 1 nitrogen and oxygen atoms in total. The van der Waals surface area contributed by atoms with E-state index in [1.807, 2.05) is 0 Å². The topological polar surface area (TPSA) is 9.23 Å². The normalized spacial score (nSPS) is 12.1. The summed E-state index contributed by atoms with van der Waals surface area (Å²) in [6.07, 6.45) is 16.4. The first-order valence-corrected chi connectivity index (χ1v) is 12.5. The van der Waals surface area contributed by atoms with E-state index in [4.69, 9.17) is 4.74 Å². The molecule has 2 rings (SSSR count). The number of benzene rings is 2. The number of hydrogen-bond donors (Lipinski definition) is 0. The predicted octanol–water partition coefficient (Wildman–Crippen LogP) is 9.24. The van der Waals surface area contributed by atoms with Gasteiger partial charge < -0.3 is 4.74 Å². The van der Waals surface area contributed by atoms with E-state index in [0.29, 0.717) is 5.92 Å². The van der Waals surface area contributed by atoms with Crippen LogP contribution in [0.2, 0.25) is 0 Å². The minimum absolute atomic E-state index is 0.604. The van der Waals surface area contributed by atoms with Gasteiger partial charge in [-0.1, -0.05) is 121 Å². The van der Waals surface area contributed by atoms with Gasteiger partial charge >= 0.3 is 0 Å². The Labute approximate surface area is 186 Å². The summed E-state index contributed by atoms with van der Waals surface area (Å²) in [5.41, 5.74) is 4.01. The number of aryl methyl sites for hydroxylation is 1.